The van der Waals surface area contributed by atoms with Crippen molar-refractivity contribution in [2.45, 2.75) is 6.10 Å². The maximum absolute atomic E-state index is 11.2. The van der Waals surface area contributed by atoms with Gasteiger partial charge in [-0.25, -0.2) is 4.79 Å². The van der Waals surface area contributed by atoms with Gasteiger partial charge in [0.1, 0.15) is 0 Å². The third kappa shape index (κ3) is 2.51. The molecule has 3 rings (SSSR count). The normalized spacial score (nSPS) is 17.7. The van der Waals surface area contributed by atoms with Gasteiger partial charge in [0.2, 0.25) is 5.76 Å². The number of hydrogen-bond donors (Lipinski definition) is 2. The smallest absolute Gasteiger partial charge is 0.378 e. The fourth-order valence-corrected chi connectivity index (χ4v) is 2.75. The zero-order valence-electron chi connectivity index (χ0n) is 11.1. The van der Waals surface area contributed by atoms with Crippen LogP contribution in [0, 0.1) is 0 Å². The van der Waals surface area contributed by atoms with Gasteiger partial charge in [0.25, 0.3) is 0 Å². The molecule has 0 saturated heterocycles. The van der Waals surface area contributed by atoms with Gasteiger partial charge in [0.15, 0.2) is 11.9 Å². The van der Waals surface area contributed by atoms with Crippen LogP contribution in [-0.2, 0) is 9.53 Å². The van der Waals surface area contributed by atoms with E-state index in [1.807, 2.05) is 0 Å². The summed E-state index contributed by atoms with van der Waals surface area (Å²) in [6.45, 7) is 0. The van der Waals surface area contributed by atoms with Gasteiger partial charge in [0.05, 0.1) is 0 Å². The van der Waals surface area contributed by atoms with Crippen molar-refractivity contribution in [3.8, 4) is 11.1 Å². The number of rotatable bonds is 2. The monoisotopic (exact) mass is 336 g/mol. The molecule has 112 valence electrons. The molecule has 0 aromatic heterocycles. The van der Waals surface area contributed by atoms with E-state index in [1.54, 1.807) is 42.5 Å². The molecule has 6 heteroatoms. The number of benzene rings is 2. The Hall–Kier alpha value is -2.17. The van der Waals surface area contributed by atoms with E-state index in [-0.39, 0.29) is 0 Å². The van der Waals surface area contributed by atoms with E-state index in [1.165, 1.54) is 0 Å². The van der Waals surface area contributed by atoms with Crippen molar-refractivity contribution in [2.75, 3.05) is 0 Å². The molecule has 0 fully saturated rings. The summed E-state index contributed by atoms with van der Waals surface area (Å²) in [6, 6.07) is 12.1. The van der Waals surface area contributed by atoms with Gasteiger partial charge in [-0.15, -0.1) is 0 Å². The first kappa shape index (κ1) is 14.8. The molecule has 2 N–H and O–H groups in total. The summed E-state index contributed by atoms with van der Waals surface area (Å²) in [6.07, 6.45) is -0.984. The predicted octanol–water partition coefficient (Wildman–Crippen LogP) is 4.59. The summed E-state index contributed by atoms with van der Waals surface area (Å²) in [5.74, 6) is -2.18. The maximum Gasteiger partial charge on any atom is 0.378 e. The Morgan fingerprint density at radius 1 is 1.00 bits per heavy atom. The zero-order chi connectivity index (χ0) is 15.9. The first-order chi connectivity index (χ1) is 10.5. The standard InChI is InChI=1S/C16H10Cl2O4/c17-10-5-6-11(12(18)7-10)8-1-3-9(4-2-8)15-13(19)14(20)16(21)22-15/h1-7,15,19-20H/t15-/m1/s1. The van der Waals surface area contributed by atoms with Crippen molar-refractivity contribution >= 4 is 29.2 Å². The highest BCUT2D eigenvalue weighted by Crippen LogP contribution is 2.35. The molecule has 0 aliphatic carbocycles. The lowest BCUT2D eigenvalue weighted by Crippen LogP contribution is -2.03. The minimum atomic E-state index is -0.984. The average Bonchev–Trinajstić information content (AvgIpc) is 2.75. The molecule has 1 atom stereocenters. The largest absolute Gasteiger partial charge is 0.505 e. The first-order valence-electron chi connectivity index (χ1n) is 6.36. The van der Waals surface area contributed by atoms with E-state index in [2.05, 4.69) is 0 Å². The molecular formula is C16H10Cl2O4. The highest BCUT2D eigenvalue weighted by Gasteiger charge is 2.35. The Labute approximate surface area is 136 Å². The number of cyclic esters (lactones) is 1. The maximum atomic E-state index is 11.2. The number of esters is 1. The van der Waals surface area contributed by atoms with Crippen molar-refractivity contribution in [2.24, 2.45) is 0 Å². The lowest BCUT2D eigenvalue weighted by atomic mass is 10.0. The summed E-state index contributed by atoms with van der Waals surface area (Å²) >= 11 is 12.0. The van der Waals surface area contributed by atoms with Gasteiger partial charge in [0, 0.05) is 21.2 Å². The predicted molar refractivity (Wildman–Crippen MR) is 83.0 cm³/mol. The third-order valence-corrected chi connectivity index (χ3v) is 3.91. The number of carbonyl (C=O) groups excluding carboxylic acids is 1. The minimum absolute atomic E-state index is 0.484. The van der Waals surface area contributed by atoms with Crippen LogP contribution in [-0.4, -0.2) is 16.2 Å². The molecule has 4 nitrogen and oxygen atoms in total. The van der Waals surface area contributed by atoms with E-state index >= 15 is 0 Å². The van der Waals surface area contributed by atoms with Crippen molar-refractivity contribution in [1.82, 2.24) is 0 Å². The molecule has 1 aliphatic rings. The Morgan fingerprint density at radius 2 is 1.68 bits per heavy atom. The molecule has 1 aliphatic heterocycles. The van der Waals surface area contributed by atoms with Crippen molar-refractivity contribution < 1.29 is 19.7 Å². The van der Waals surface area contributed by atoms with Crippen LogP contribution in [0.4, 0.5) is 0 Å². The highest BCUT2D eigenvalue weighted by molar-refractivity contribution is 6.36. The van der Waals surface area contributed by atoms with E-state index in [0.29, 0.717) is 15.6 Å². The second kappa shape index (κ2) is 5.55. The van der Waals surface area contributed by atoms with Crippen LogP contribution in [0.1, 0.15) is 11.7 Å². The molecule has 0 radical (unpaired) electrons. The van der Waals surface area contributed by atoms with Gasteiger partial charge >= 0.3 is 5.97 Å². The quantitative estimate of drug-likeness (QED) is 0.787. The summed E-state index contributed by atoms with van der Waals surface area (Å²) in [5.41, 5.74) is 2.20. The SMILES string of the molecule is O=C1O[C@H](c2ccc(-c3ccc(Cl)cc3Cl)cc2)C(O)=C1O. The number of aliphatic hydroxyl groups excluding tert-OH is 2. The summed E-state index contributed by atoms with van der Waals surface area (Å²) in [7, 11) is 0. The lowest BCUT2D eigenvalue weighted by Gasteiger charge is -2.11. The van der Waals surface area contributed by atoms with Crippen molar-refractivity contribution in [3.05, 3.63) is 69.6 Å². The fraction of sp³-hybridized carbons (Fsp3) is 0.0625. The van der Waals surface area contributed by atoms with E-state index in [0.717, 1.165) is 11.1 Å². The Morgan fingerprint density at radius 3 is 2.23 bits per heavy atom. The summed E-state index contributed by atoms with van der Waals surface area (Å²) in [4.78, 5) is 11.2. The Balaban J connectivity index is 1.92. The van der Waals surface area contributed by atoms with Crippen LogP contribution >= 0.6 is 23.2 Å². The number of carbonyl (C=O) groups is 1. The summed E-state index contributed by atoms with van der Waals surface area (Å²) < 4.78 is 4.90. The fourth-order valence-electron chi connectivity index (χ4n) is 2.23. The van der Waals surface area contributed by atoms with Crippen LogP contribution < -0.4 is 0 Å². The second-order valence-electron chi connectivity index (χ2n) is 4.77. The zero-order valence-corrected chi connectivity index (χ0v) is 12.6. The molecule has 22 heavy (non-hydrogen) atoms. The molecule has 0 bridgehead atoms. The molecule has 0 unspecified atom stereocenters. The molecule has 0 saturated carbocycles. The van der Waals surface area contributed by atoms with Gasteiger partial charge in [-0.3, -0.25) is 0 Å². The van der Waals surface area contributed by atoms with Crippen LogP contribution in [0.5, 0.6) is 0 Å². The van der Waals surface area contributed by atoms with Crippen LogP contribution in [0.2, 0.25) is 10.0 Å². The Kier molecular flexibility index (Phi) is 3.72. The molecule has 1 heterocycles. The van der Waals surface area contributed by atoms with Crippen LogP contribution in [0.15, 0.2) is 54.0 Å². The van der Waals surface area contributed by atoms with Crippen molar-refractivity contribution in [1.29, 1.82) is 0 Å². The summed E-state index contributed by atoms with van der Waals surface area (Å²) in [5, 5.41) is 20.1. The molecule has 0 amide bonds. The number of hydrogen-bond acceptors (Lipinski definition) is 4. The Bertz CT molecular complexity index is 781. The van der Waals surface area contributed by atoms with Gasteiger partial charge in [-0.05, 0) is 17.7 Å². The van der Waals surface area contributed by atoms with E-state index in [4.69, 9.17) is 27.9 Å². The van der Waals surface area contributed by atoms with Crippen LogP contribution in [0.3, 0.4) is 0 Å². The van der Waals surface area contributed by atoms with Crippen LogP contribution in [0.25, 0.3) is 11.1 Å². The first-order valence-corrected chi connectivity index (χ1v) is 7.11. The van der Waals surface area contributed by atoms with Crippen molar-refractivity contribution in [3.63, 3.8) is 0 Å². The van der Waals surface area contributed by atoms with E-state index < -0.39 is 23.6 Å². The molecule has 0 spiro atoms. The molecule has 2 aromatic carbocycles. The highest BCUT2D eigenvalue weighted by atomic mass is 35.5. The van der Waals surface area contributed by atoms with E-state index in [9.17, 15) is 15.0 Å². The number of aliphatic hydroxyl groups is 2. The van der Waals surface area contributed by atoms with Gasteiger partial charge in [-0.2, -0.15) is 0 Å². The molecular weight excluding hydrogens is 327 g/mol. The topological polar surface area (TPSA) is 66.8 Å². The average molecular weight is 337 g/mol. The number of ether oxygens (including phenoxy) is 1. The van der Waals surface area contributed by atoms with Gasteiger partial charge < -0.3 is 14.9 Å². The minimum Gasteiger partial charge on any atom is -0.505 e. The lowest BCUT2D eigenvalue weighted by molar-refractivity contribution is -0.142. The second-order valence-corrected chi connectivity index (χ2v) is 5.61. The third-order valence-electron chi connectivity index (χ3n) is 3.36. The molecule has 2 aromatic rings. The number of halogens is 2. The van der Waals surface area contributed by atoms with Gasteiger partial charge in [-0.1, -0.05) is 53.5 Å².